The number of halogens is 1. The molecule has 204 valence electrons. The SMILES string of the molecule is CCOc1ccc(Cc2cc([C@H]3O[C@H](CSc4ccccc4CO)[C@@H](C=O)[C@H](C=O)[C@H]3C=O)ccc2Cl)cc1. The Morgan fingerprint density at radius 3 is 2.31 bits per heavy atom. The lowest BCUT2D eigenvalue weighted by atomic mass is 9.74. The molecule has 6 nitrogen and oxygen atoms in total. The van der Waals surface area contributed by atoms with Gasteiger partial charge < -0.3 is 29.0 Å². The Bertz CT molecular complexity index is 1280. The van der Waals surface area contributed by atoms with Crippen molar-refractivity contribution in [2.24, 2.45) is 17.8 Å². The van der Waals surface area contributed by atoms with E-state index in [4.69, 9.17) is 21.1 Å². The Kier molecular flexibility index (Phi) is 10.3. The molecule has 1 aliphatic heterocycles. The van der Waals surface area contributed by atoms with Crippen LogP contribution in [0.15, 0.2) is 71.6 Å². The lowest BCUT2D eigenvalue weighted by Gasteiger charge is -2.41. The van der Waals surface area contributed by atoms with Gasteiger partial charge in [-0.25, -0.2) is 0 Å². The molecule has 8 heteroatoms. The minimum absolute atomic E-state index is 0.111. The van der Waals surface area contributed by atoms with E-state index in [1.54, 1.807) is 12.1 Å². The summed E-state index contributed by atoms with van der Waals surface area (Å²) in [5.74, 6) is -1.23. The number of aliphatic hydroxyl groups excluding tert-OH is 1. The predicted molar refractivity (Wildman–Crippen MR) is 151 cm³/mol. The number of hydrogen-bond donors (Lipinski definition) is 1. The Morgan fingerprint density at radius 2 is 1.64 bits per heavy atom. The zero-order valence-corrected chi connectivity index (χ0v) is 23.1. The van der Waals surface area contributed by atoms with E-state index >= 15 is 0 Å². The first kappa shape index (κ1) is 29.0. The van der Waals surface area contributed by atoms with Crippen LogP contribution in [-0.4, -0.2) is 42.4 Å². The molecule has 0 aromatic heterocycles. The van der Waals surface area contributed by atoms with E-state index in [0.717, 1.165) is 32.9 Å². The van der Waals surface area contributed by atoms with Crippen molar-refractivity contribution in [3.8, 4) is 5.75 Å². The quantitative estimate of drug-likeness (QED) is 0.229. The molecule has 1 N–H and O–H groups in total. The molecule has 0 spiro atoms. The first-order chi connectivity index (χ1) is 19.0. The lowest BCUT2D eigenvalue weighted by molar-refractivity contribution is -0.159. The zero-order valence-electron chi connectivity index (χ0n) is 21.6. The number of thioether (sulfide) groups is 1. The smallest absolute Gasteiger partial charge is 0.126 e. The molecule has 0 aliphatic carbocycles. The second-order valence-electron chi connectivity index (χ2n) is 9.42. The fourth-order valence-electron chi connectivity index (χ4n) is 4.99. The molecule has 39 heavy (non-hydrogen) atoms. The number of carbonyl (C=O) groups is 3. The number of aldehydes is 3. The van der Waals surface area contributed by atoms with Gasteiger partial charge in [-0.2, -0.15) is 0 Å². The van der Waals surface area contributed by atoms with Crippen LogP contribution in [0.3, 0.4) is 0 Å². The van der Waals surface area contributed by atoms with Crippen molar-refractivity contribution in [1.29, 1.82) is 0 Å². The summed E-state index contributed by atoms with van der Waals surface area (Å²) in [5.41, 5.74) is 3.39. The molecule has 1 fully saturated rings. The van der Waals surface area contributed by atoms with E-state index in [2.05, 4.69) is 0 Å². The van der Waals surface area contributed by atoms with Crippen LogP contribution in [0, 0.1) is 17.8 Å². The Morgan fingerprint density at radius 1 is 0.923 bits per heavy atom. The third kappa shape index (κ3) is 6.79. The van der Waals surface area contributed by atoms with Crippen molar-refractivity contribution >= 4 is 42.2 Å². The second-order valence-corrected chi connectivity index (χ2v) is 10.9. The molecule has 3 aromatic carbocycles. The van der Waals surface area contributed by atoms with E-state index in [1.807, 2.05) is 61.5 Å². The molecule has 0 radical (unpaired) electrons. The number of rotatable bonds is 12. The molecule has 4 rings (SSSR count). The summed E-state index contributed by atoms with van der Waals surface area (Å²) in [4.78, 5) is 37.4. The van der Waals surface area contributed by atoms with Gasteiger partial charge in [-0.3, -0.25) is 0 Å². The van der Waals surface area contributed by atoms with Crippen LogP contribution in [0.5, 0.6) is 5.75 Å². The summed E-state index contributed by atoms with van der Waals surface area (Å²) in [7, 11) is 0. The van der Waals surface area contributed by atoms with Gasteiger partial charge in [0.25, 0.3) is 0 Å². The molecule has 3 aromatic rings. The first-order valence-corrected chi connectivity index (χ1v) is 14.2. The minimum atomic E-state index is -0.817. The van der Waals surface area contributed by atoms with Crippen LogP contribution in [0.25, 0.3) is 0 Å². The van der Waals surface area contributed by atoms with Gasteiger partial charge >= 0.3 is 0 Å². The van der Waals surface area contributed by atoms with Crippen molar-refractivity contribution in [1.82, 2.24) is 0 Å². The summed E-state index contributed by atoms with van der Waals surface area (Å²) >= 11 is 8.00. The molecule has 1 heterocycles. The number of aliphatic hydroxyl groups is 1. The monoisotopic (exact) mass is 566 g/mol. The van der Waals surface area contributed by atoms with Crippen LogP contribution < -0.4 is 4.74 Å². The topological polar surface area (TPSA) is 89.9 Å². The van der Waals surface area contributed by atoms with Gasteiger partial charge in [-0.05, 0) is 59.9 Å². The highest BCUT2D eigenvalue weighted by Crippen LogP contribution is 2.43. The molecular weight excluding hydrogens is 536 g/mol. The van der Waals surface area contributed by atoms with Crippen LogP contribution in [0.1, 0.15) is 35.3 Å². The normalized spacial score (nSPS) is 22.7. The zero-order chi connectivity index (χ0) is 27.8. The molecule has 1 aliphatic rings. The summed E-state index contributed by atoms with van der Waals surface area (Å²) < 4.78 is 12.0. The Balaban J connectivity index is 1.61. The van der Waals surface area contributed by atoms with Gasteiger partial charge in [0.15, 0.2) is 0 Å². The highest BCUT2D eigenvalue weighted by Gasteiger charge is 2.46. The molecule has 5 atom stereocenters. The van der Waals surface area contributed by atoms with Gasteiger partial charge in [0.1, 0.15) is 24.6 Å². The predicted octanol–water partition coefficient (Wildman–Crippen LogP) is 5.50. The summed E-state index contributed by atoms with van der Waals surface area (Å²) in [6.45, 7) is 2.41. The molecule has 0 unspecified atom stereocenters. The van der Waals surface area contributed by atoms with E-state index < -0.39 is 30.0 Å². The number of ether oxygens (including phenoxy) is 2. The van der Waals surface area contributed by atoms with Crippen molar-refractivity contribution in [3.63, 3.8) is 0 Å². The summed E-state index contributed by atoms with van der Waals surface area (Å²) in [5, 5.41) is 10.3. The van der Waals surface area contributed by atoms with Crippen LogP contribution >= 0.6 is 23.4 Å². The molecule has 0 bridgehead atoms. The minimum Gasteiger partial charge on any atom is -0.494 e. The van der Waals surface area contributed by atoms with Gasteiger partial charge in [-0.15, -0.1) is 11.8 Å². The van der Waals surface area contributed by atoms with E-state index in [1.165, 1.54) is 11.8 Å². The van der Waals surface area contributed by atoms with Crippen molar-refractivity contribution < 1.29 is 29.0 Å². The van der Waals surface area contributed by atoms with Gasteiger partial charge in [0.05, 0.1) is 37.3 Å². The van der Waals surface area contributed by atoms with E-state index in [9.17, 15) is 19.5 Å². The second kappa shape index (κ2) is 13.9. The highest BCUT2D eigenvalue weighted by atomic mass is 35.5. The maximum absolute atomic E-state index is 12.2. The molecule has 1 saturated heterocycles. The largest absolute Gasteiger partial charge is 0.494 e. The maximum atomic E-state index is 12.2. The van der Waals surface area contributed by atoms with Gasteiger partial charge in [0.2, 0.25) is 0 Å². The van der Waals surface area contributed by atoms with Crippen LogP contribution in [-0.2, 0) is 32.1 Å². The standard InChI is InChI=1S/C31H31ClO6S/c1-2-37-24-10-7-20(8-11-24)13-23-14-21(9-12-28(23)32)31-27(18-36)25(16-34)26(17-35)29(38-31)19-39-30-6-4-3-5-22(30)15-33/h3-12,14,16-18,25-27,29,31,33H,2,13,15,19H2,1H3/t25-,26-,27+,29+,31+/m0/s1. The molecule has 0 amide bonds. The average Bonchev–Trinajstić information content (AvgIpc) is 2.97. The van der Waals surface area contributed by atoms with Crippen LogP contribution in [0.4, 0.5) is 0 Å². The number of benzene rings is 3. The Labute approximate surface area is 237 Å². The maximum Gasteiger partial charge on any atom is 0.126 e. The third-order valence-corrected chi connectivity index (χ3v) is 8.61. The fourth-order valence-corrected chi connectivity index (χ4v) is 6.32. The molecular formula is C31H31ClO6S. The van der Waals surface area contributed by atoms with Crippen molar-refractivity contribution in [2.45, 2.75) is 37.1 Å². The first-order valence-electron chi connectivity index (χ1n) is 12.9. The summed E-state index contributed by atoms with van der Waals surface area (Å²) in [6, 6.07) is 20.7. The summed E-state index contributed by atoms with van der Waals surface area (Å²) in [6.07, 6.45) is 1.36. The van der Waals surface area contributed by atoms with E-state index in [-0.39, 0.29) is 6.61 Å². The van der Waals surface area contributed by atoms with Gasteiger partial charge in [-0.1, -0.05) is 54.1 Å². The highest BCUT2D eigenvalue weighted by molar-refractivity contribution is 7.99. The average molecular weight is 567 g/mol. The van der Waals surface area contributed by atoms with E-state index in [0.29, 0.717) is 42.7 Å². The Hall–Kier alpha value is -2.97. The van der Waals surface area contributed by atoms with Crippen molar-refractivity contribution in [2.75, 3.05) is 12.4 Å². The van der Waals surface area contributed by atoms with Gasteiger partial charge in [0, 0.05) is 21.6 Å². The van der Waals surface area contributed by atoms with Crippen molar-refractivity contribution in [3.05, 3.63) is 94.0 Å². The number of carbonyl (C=O) groups excluding carboxylic acids is 3. The number of hydrogen-bond acceptors (Lipinski definition) is 7. The van der Waals surface area contributed by atoms with Crippen LogP contribution in [0.2, 0.25) is 5.02 Å². The lowest BCUT2D eigenvalue weighted by Crippen LogP contribution is -2.47. The third-order valence-electron chi connectivity index (χ3n) is 7.03. The molecule has 0 saturated carbocycles. The fraction of sp³-hybridized carbons (Fsp3) is 0.323.